The van der Waals surface area contributed by atoms with Gasteiger partial charge in [-0.2, -0.15) is 0 Å². The quantitative estimate of drug-likeness (QED) is 0.645. The zero-order valence-corrected chi connectivity index (χ0v) is 16.6. The molecule has 1 heterocycles. The summed E-state index contributed by atoms with van der Waals surface area (Å²) in [5.74, 6) is -1.25. The van der Waals surface area contributed by atoms with Gasteiger partial charge in [-0.3, -0.25) is 9.59 Å². The Morgan fingerprint density at radius 1 is 0.900 bits per heavy atom. The van der Waals surface area contributed by atoms with Crippen LogP contribution in [0.2, 0.25) is 0 Å². The first-order valence-electron chi connectivity index (χ1n) is 9.84. The number of piperidine rings is 1. The molecule has 0 atom stereocenters. The molecule has 3 rings (SSSR count). The highest BCUT2D eigenvalue weighted by Crippen LogP contribution is 2.21. The van der Waals surface area contributed by atoms with Crippen LogP contribution in [0.5, 0.6) is 5.75 Å². The number of hydrogen-bond donors (Lipinski definition) is 2. The summed E-state index contributed by atoms with van der Waals surface area (Å²) >= 11 is 0. The molecule has 1 aliphatic heterocycles. The van der Waals surface area contributed by atoms with Gasteiger partial charge in [0.15, 0.2) is 13.2 Å². The van der Waals surface area contributed by atoms with Crippen LogP contribution in [-0.4, -0.2) is 44.1 Å². The number of rotatable bonds is 8. The molecule has 0 radical (unpaired) electrons. The van der Waals surface area contributed by atoms with Crippen molar-refractivity contribution in [1.29, 1.82) is 0 Å². The lowest BCUT2D eigenvalue weighted by Crippen LogP contribution is -2.29. The highest BCUT2D eigenvalue weighted by molar-refractivity contribution is 5.95. The molecule has 1 saturated heterocycles. The van der Waals surface area contributed by atoms with Gasteiger partial charge in [-0.1, -0.05) is 0 Å². The molecule has 2 aromatic rings. The average molecular weight is 411 g/mol. The van der Waals surface area contributed by atoms with Crippen molar-refractivity contribution in [3.05, 3.63) is 54.1 Å². The van der Waals surface area contributed by atoms with Gasteiger partial charge in [0.2, 0.25) is 0 Å². The fourth-order valence-electron chi connectivity index (χ4n) is 3.16. The summed E-state index contributed by atoms with van der Waals surface area (Å²) in [7, 11) is 0. The molecule has 0 aliphatic carbocycles. The second-order valence-corrected chi connectivity index (χ2v) is 7.00. The first-order chi connectivity index (χ1) is 14.5. The van der Waals surface area contributed by atoms with E-state index < -0.39 is 24.4 Å². The minimum absolute atomic E-state index is 0.247. The first-order valence-corrected chi connectivity index (χ1v) is 9.84. The summed E-state index contributed by atoms with van der Waals surface area (Å²) in [6.45, 7) is 1.47. The van der Waals surface area contributed by atoms with Crippen LogP contribution in [0.3, 0.4) is 0 Å². The molecular weight excluding hydrogens is 386 g/mol. The van der Waals surface area contributed by atoms with Crippen LogP contribution in [0.15, 0.2) is 48.5 Å². The largest absolute Gasteiger partial charge is 0.484 e. The molecule has 0 spiro atoms. The Balaban J connectivity index is 1.44. The van der Waals surface area contributed by atoms with E-state index >= 15 is 0 Å². The zero-order valence-electron chi connectivity index (χ0n) is 16.6. The van der Waals surface area contributed by atoms with E-state index in [1.165, 1.54) is 43.5 Å². The van der Waals surface area contributed by atoms with Crippen LogP contribution in [-0.2, 0) is 14.3 Å². The van der Waals surface area contributed by atoms with Crippen LogP contribution in [0.4, 0.5) is 11.4 Å². The van der Waals surface area contributed by atoms with Gasteiger partial charge in [-0.15, -0.1) is 0 Å². The molecule has 1 aliphatic rings. The summed E-state index contributed by atoms with van der Waals surface area (Å²) in [6.07, 6.45) is 3.68. The lowest BCUT2D eigenvalue weighted by Gasteiger charge is -2.28. The summed E-state index contributed by atoms with van der Waals surface area (Å²) in [6, 6.07) is 13.6. The lowest BCUT2D eigenvalue weighted by molar-refractivity contribution is -0.120. The van der Waals surface area contributed by atoms with Crippen molar-refractivity contribution >= 4 is 29.2 Å². The monoisotopic (exact) mass is 411 g/mol. The predicted molar refractivity (Wildman–Crippen MR) is 113 cm³/mol. The Morgan fingerprint density at radius 2 is 1.57 bits per heavy atom. The number of primary amides is 1. The number of nitrogens with zero attached hydrogens (tertiary/aromatic N) is 1. The fraction of sp³-hybridized carbons (Fsp3) is 0.318. The number of amides is 2. The number of hydrogen-bond acceptors (Lipinski definition) is 6. The standard InChI is InChI=1S/C22H25N3O5/c23-20(26)14-29-19-10-4-16(5-11-19)22(28)30-15-21(27)24-17-6-8-18(9-7-17)25-12-2-1-3-13-25/h4-11H,1-3,12-15H2,(H2,23,26)(H,24,27). The average Bonchev–Trinajstić information content (AvgIpc) is 2.77. The normalized spacial score (nSPS) is 13.4. The third-order valence-electron chi connectivity index (χ3n) is 4.68. The number of nitrogens with one attached hydrogen (secondary N) is 1. The molecule has 0 aromatic heterocycles. The zero-order chi connectivity index (χ0) is 21.3. The van der Waals surface area contributed by atoms with Crippen molar-refractivity contribution in [3.63, 3.8) is 0 Å². The second kappa shape index (κ2) is 10.3. The Labute approximate surface area is 174 Å². The number of ether oxygens (including phenoxy) is 2. The highest BCUT2D eigenvalue weighted by atomic mass is 16.5. The smallest absolute Gasteiger partial charge is 0.338 e. The van der Waals surface area contributed by atoms with Crippen molar-refractivity contribution in [3.8, 4) is 5.75 Å². The fourth-order valence-corrected chi connectivity index (χ4v) is 3.16. The summed E-state index contributed by atoms with van der Waals surface area (Å²) in [4.78, 5) is 37.2. The Morgan fingerprint density at radius 3 is 2.20 bits per heavy atom. The molecule has 0 unspecified atom stereocenters. The van der Waals surface area contributed by atoms with Gasteiger partial charge in [0, 0.05) is 24.5 Å². The van der Waals surface area contributed by atoms with E-state index in [1.807, 2.05) is 24.3 Å². The topological polar surface area (TPSA) is 111 Å². The molecule has 8 nitrogen and oxygen atoms in total. The number of nitrogens with two attached hydrogens (primary N) is 1. The van der Waals surface area contributed by atoms with Crippen molar-refractivity contribution < 1.29 is 23.9 Å². The highest BCUT2D eigenvalue weighted by Gasteiger charge is 2.13. The van der Waals surface area contributed by atoms with Crippen molar-refractivity contribution in [2.24, 2.45) is 5.73 Å². The van der Waals surface area contributed by atoms with E-state index in [9.17, 15) is 14.4 Å². The molecule has 3 N–H and O–H groups in total. The number of esters is 1. The molecule has 1 fully saturated rings. The van der Waals surface area contributed by atoms with Gasteiger partial charge in [-0.05, 0) is 67.8 Å². The molecule has 2 aromatic carbocycles. The van der Waals surface area contributed by atoms with Crippen LogP contribution in [0.25, 0.3) is 0 Å². The maximum Gasteiger partial charge on any atom is 0.338 e. The van der Waals surface area contributed by atoms with E-state index in [-0.39, 0.29) is 12.2 Å². The van der Waals surface area contributed by atoms with Gasteiger partial charge in [0.25, 0.3) is 11.8 Å². The van der Waals surface area contributed by atoms with Crippen molar-refractivity contribution in [2.75, 3.05) is 36.5 Å². The van der Waals surface area contributed by atoms with Gasteiger partial charge in [-0.25, -0.2) is 4.79 Å². The van der Waals surface area contributed by atoms with Crippen LogP contribution < -0.4 is 20.7 Å². The molecule has 158 valence electrons. The third kappa shape index (κ3) is 6.23. The van der Waals surface area contributed by atoms with Gasteiger partial charge >= 0.3 is 5.97 Å². The van der Waals surface area contributed by atoms with E-state index in [2.05, 4.69) is 10.2 Å². The van der Waals surface area contributed by atoms with E-state index in [0.29, 0.717) is 11.4 Å². The van der Waals surface area contributed by atoms with Crippen molar-refractivity contribution in [1.82, 2.24) is 0 Å². The molecule has 0 bridgehead atoms. The summed E-state index contributed by atoms with van der Waals surface area (Å²) in [5.41, 5.74) is 7.06. The van der Waals surface area contributed by atoms with Gasteiger partial charge in [0.05, 0.1) is 5.56 Å². The van der Waals surface area contributed by atoms with Crippen LogP contribution in [0, 0.1) is 0 Å². The summed E-state index contributed by atoms with van der Waals surface area (Å²) < 4.78 is 10.2. The maximum atomic E-state index is 12.1. The third-order valence-corrected chi connectivity index (χ3v) is 4.68. The minimum atomic E-state index is -0.632. The number of anilines is 2. The molecular formula is C22H25N3O5. The van der Waals surface area contributed by atoms with Crippen molar-refractivity contribution in [2.45, 2.75) is 19.3 Å². The van der Waals surface area contributed by atoms with Gasteiger partial charge < -0.3 is 25.4 Å². The summed E-state index contributed by atoms with van der Waals surface area (Å²) in [5, 5.41) is 2.72. The van der Waals surface area contributed by atoms with Gasteiger partial charge in [0.1, 0.15) is 5.75 Å². The first kappa shape index (κ1) is 21.2. The lowest BCUT2D eigenvalue weighted by atomic mass is 10.1. The Bertz CT molecular complexity index is 875. The van der Waals surface area contributed by atoms with E-state index in [1.54, 1.807) is 0 Å². The molecule has 0 saturated carbocycles. The second-order valence-electron chi connectivity index (χ2n) is 7.00. The molecule has 30 heavy (non-hydrogen) atoms. The number of carbonyl (C=O) groups is 3. The SMILES string of the molecule is NC(=O)COc1ccc(C(=O)OCC(=O)Nc2ccc(N3CCCCC3)cc2)cc1. The van der Waals surface area contributed by atoms with E-state index in [0.717, 1.165) is 18.8 Å². The number of benzene rings is 2. The van der Waals surface area contributed by atoms with Crippen LogP contribution >= 0.6 is 0 Å². The number of carbonyl (C=O) groups excluding carboxylic acids is 3. The minimum Gasteiger partial charge on any atom is -0.484 e. The Hall–Kier alpha value is -3.55. The van der Waals surface area contributed by atoms with E-state index in [4.69, 9.17) is 15.2 Å². The van der Waals surface area contributed by atoms with Crippen LogP contribution in [0.1, 0.15) is 29.6 Å². The molecule has 8 heteroatoms. The Kier molecular flexibility index (Phi) is 7.26. The maximum absolute atomic E-state index is 12.1. The predicted octanol–water partition coefficient (Wildman–Crippen LogP) is 2.34. The molecule has 2 amide bonds.